The van der Waals surface area contributed by atoms with Gasteiger partial charge in [0.15, 0.2) is 0 Å². The van der Waals surface area contributed by atoms with Gasteiger partial charge in [-0.25, -0.2) is 8.42 Å². The van der Waals surface area contributed by atoms with Crippen LogP contribution in [0.25, 0.3) is 0 Å². The number of nitrogens with one attached hydrogen (secondary N) is 1. The number of piperazine rings is 1. The van der Waals surface area contributed by atoms with Crippen molar-refractivity contribution in [1.29, 1.82) is 0 Å². The Bertz CT molecular complexity index is 887. The Morgan fingerprint density at radius 1 is 1.19 bits per heavy atom. The fourth-order valence-electron chi connectivity index (χ4n) is 2.96. The highest BCUT2D eigenvalue weighted by molar-refractivity contribution is 7.89. The quantitative estimate of drug-likeness (QED) is 0.717. The molecule has 8 heteroatoms. The van der Waals surface area contributed by atoms with Gasteiger partial charge in [0.05, 0.1) is 4.90 Å². The SMILES string of the molecule is C=CCNC(=O)c1cccc(S(=O)(=O)N2CCN(Cc3cccs3)CC2)c1. The molecule has 0 radical (unpaired) electrons. The largest absolute Gasteiger partial charge is 0.349 e. The molecule has 0 atom stereocenters. The molecule has 1 aromatic carbocycles. The Balaban J connectivity index is 1.66. The summed E-state index contributed by atoms with van der Waals surface area (Å²) in [6.07, 6.45) is 1.58. The molecule has 6 nitrogen and oxygen atoms in total. The van der Waals surface area contributed by atoms with Crippen LogP contribution in [0, 0.1) is 0 Å². The van der Waals surface area contributed by atoms with E-state index < -0.39 is 10.0 Å². The molecule has 0 bridgehead atoms. The van der Waals surface area contributed by atoms with E-state index in [4.69, 9.17) is 0 Å². The molecule has 0 aliphatic carbocycles. The Morgan fingerprint density at radius 2 is 1.96 bits per heavy atom. The maximum absolute atomic E-state index is 13.0. The average molecular weight is 406 g/mol. The first-order valence-corrected chi connectivity index (χ1v) is 11.1. The summed E-state index contributed by atoms with van der Waals surface area (Å²) >= 11 is 1.71. The van der Waals surface area contributed by atoms with Gasteiger partial charge in [-0.15, -0.1) is 17.9 Å². The number of thiophene rings is 1. The molecule has 0 saturated carbocycles. The van der Waals surface area contributed by atoms with Gasteiger partial charge in [0, 0.05) is 49.7 Å². The van der Waals surface area contributed by atoms with Gasteiger partial charge in [-0.3, -0.25) is 9.69 Å². The van der Waals surface area contributed by atoms with Crippen molar-refractivity contribution in [3.8, 4) is 0 Å². The van der Waals surface area contributed by atoms with Gasteiger partial charge in [-0.05, 0) is 29.6 Å². The molecular formula is C19H23N3O3S2. The third-order valence-electron chi connectivity index (χ3n) is 4.43. The fourth-order valence-corrected chi connectivity index (χ4v) is 5.18. The molecule has 1 N–H and O–H groups in total. The molecule has 27 heavy (non-hydrogen) atoms. The molecule has 144 valence electrons. The van der Waals surface area contributed by atoms with Gasteiger partial charge < -0.3 is 5.32 Å². The van der Waals surface area contributed by atoms with Gasteiger partial charge in [-0.1, -0.05) is 18.2 Å². The van der Waals surface area contributed by atoms with Crippen LogP contribution < -0.4 is 5.32 Å². The number of amides is 1. The summed E-state index contributed by atoms with van der Waals surface area (Å²) in [6.45, 7) is 7.01. The van der Waals surface area contributed by atoms with Crippen molar-refractivity contribution >= 4 is 27.3 Å². The third kappa shape index (κ3) is 4.84. The highest BCUT2D eigenvalue weighted by Gasteiger charge is 2.29. The molecule has 1 fully saturated rings. The van der Waals surface area contributed by atoms with Gasteiger partial charge >= 0.3 is 0 Å². The van der Waals surface area contributed by atoms with Crippen molar-refractivity contribution < 1.29 is 13.2 Å². The van der Waals surface area contributed by atoms with Crippen molar-refractivity contribution in [2.24, 2.45) is 0 Å². The minimum absolute atomic E-state index is 0.153. The minimum atomic E-state index is -3.61. The summed E-state index contributed by atoms with van der Waals surface area (Å²) in [5.41, 5.74) is 0.328. The number of carbonyl (C=O) groups excluding carboxylic acids is 1. The highest BCUT2D eigenvalue weighted by Crippen LogP contribution is 2.20. The predicted octanol–water partition coefficient (Wildman–Crippen LogP) is 2.17. The van der Waals surface area contributed by atoms with Crippen LogP contribution in [0.5, 0.6) is 0 Å². The first-order valence-electron chi connectivity index (χ1n) is 8.75. The molecule has 1 amide bonds. The Morgan fingerprint density at radius 3 is 2.63 bits per heavy atom. The van der Waals surface area contributed by atoms with Gasteiger partial charge in [-0.2, -0.15) is 4.31 Å². The van der Waals surface area contributed by atoms with Crippen molar-refractivity contribution in [1.82, 2.24) is 14.5 Å². The zero-order chi connectivity index (χ0) is 19.3. The number of carbonyl (C=O) groups is 1. The summed E-state index contributed by atoms with van der Waals surface area (Å²) < 4.78 is 27.4. The van der Waals surface area contributed by atoms with Crippen LogP contribution in [-0.4, -0.2) is 56.3 Å². The molecule has 0 unspecified atom stereocenters. The molecule has 2 aromatic rings. The van der Waals surface area contributed by atoms with Crippen LogP contribution in [0.2, 0.25) is 0 Å². The van der Waals surface area contributed by atoms with E-state index in [9.17, 15) is 13.2 Å². The molecular weight excluding hydrogens is 382 g/mol. The maximum atomic E-state index is 13.0. The number of benzene rings is 1. The van der Waals surface area contributed by atoms with E-state index in [0.29, 0.717) is 38.3 Å². The molecule has 1 aromatic heterocycles. The number of sulfonamides is 1. The third-order valence-corrected chi connectivity index (χ3v) is 7.19. The van der Waals surface area contributed by atoms with Crippen molar-refractivity contribution in [2.45, 2.75) is 11.4 Å². The van der Waals surface area contributed by atoms with Crippen molar-refractivity contribution in [2.75, 3.05) is 32.7 Å². The number of rotatable bonds is 7. The van der Waals surface area contributed by atoms with E-state index in [-0.39, 0.29) is 10.8 Å². The minimum Gasteiger partial charge on any atom is -0.349 e. The number of nitrogens with zero attached hydrogens (tertiary/aromatic N) is 2. The van der Waals surface area contributed by atoms with Gasteiger partial charge in [0.1, 0.15) is 0 Å². The smallest absolute Gasteiger partial charge is 0.251 e. The van der Waals surface area contributed by atoms with E-state index in [1.165, 1.54) is 21.3 Å². The first kappa shape index (κ1) is 19.8. The Kier molecular flexibility index (Phi) is 6.43. The molecule has 1 aliphatic rings. The molecule has 3 rings (SSSR count). The lowest BCUT2D eigenvalue weighted by molar-refractivity contribution is 0.0958. The lowest BCUT2D eigenvalue weighted by Crippen LogP contribution is -2.48. The molecule has 1 aliphatic heterocycles. The van der Waals surface area contributed by atoms with Crippen LogP contribution in [-0.2, 0) is 16.6 Å². The molecule has 0 spiro atoms. The van der Waals surface area contributed by atoms with E-state index in [1.807, 2.05) is 11.4 Å². The summed E-state index contributed by atoms with van der Waals surface area (Å²) in [5, 5.41) is 4.71. The number of hydrogen-bond acceptors (Lipinski definition) is 5. The fraction of sp³-hybridized carbons (Fsp3) is 0.316. The topological polar surface area (TPSA) is 69.7 Å². The van der Waals surface area contributed by atoms with Gasteiger partial charge in [0.2, 0.25) is 10.0 Å². The zero-order valence-electron chi connectivity index (χ0n) is 15.0. The second-order valence-corrected chi connectivity index (χ2v) is 9.26. The lowest BCUT2D eigenvalue weighted by Gasteiger charge is -2.33. The zero-order valence-corrected chi connectivity index (χ0v) is 16.6. The Hall–Kier alpha value is -2.00. The summed E-state index contributed by atoms with van der Waals surface area (Å²) in [7, 11) is -3.61. The molecule has 1 saturated heterocycles. The maximum Gasteiger partial charge on any atom is 0.251 e. The van der Waals surface area contributed by atoms with Crippen molar-refractivity contribution in [3.63, 3.8) is 0 Å². The lowest BCUT2D eigenvalue weighted by atomic mass is 10.2. The second kappa shape index (κ2) is 8.79. The Labute approximate surface area is 164 Å². The average Bonchev–Trinajstić information content (AvgIpc) is 3.19. The van der Waals surface area contributed by atoms with Crippen LogP contribution >= 0.6 is 11.3 Å². The highest BCUT2D eigenvalue weighted by atomic mass is 32.2. The summed E-state index contributed by atoms with van der Waals surface area (Å²) in [6, 6.07) is 10.3. The van der Waals surface area contributed by atoms with Crippen LogP contribution in [0.15, 0.2) is 59.3 Å². The van der Waals surface area contributed by atoms with Gasteiger partial charge in [0.25, 0.3) is 5.91 Å². The first-order chi connectivity index (χ1) is 13.0. The van der Waals surface area contributed by atoms with E-state index in [1.54, 1.807) is 29.5 Å². The standard InChI is InChI=1S/C19H23N3O3S2/c1-2-8-20-19(23)16-5-3-7-18(14-16)27(24,25)22-11-9-21(10-12-22)15-17-6-4-13-26-17/h2-7,13-14H,1,8-12,15H2,(H,20,23). The predicted molar refractivity (Wildman–Crippen MR) is 107 cm³/mol. The van der Waals surface area contributed by atoms with Crippen molar-refractivity contribution in [3.05, 3.63) is 64.9 Å². The van der Waals surface area contributed by atoms with E-state index >= 15 is 0 Å². The molecule has 2 heterocycles. The number of hydrogen-bond donors (Lipinski definition) is 1. The summed E-state index contributed by atoms with van der Waals surface area (Å²) in [4.78, 5) is 15.8. The van der Waals surface area contributed by atoms with Crippen LogP contribution in [0.1, 0.15) is 15.2 Å². The summed E-state index contributed by atoms with van der Waals surface area (Å²) in [5.74, 6) is -0.312. The normalized spacial score (nSPS) is 16.1. The van der Waals surface area contributed by atoms with E-state index in [0.717, 1.165) is 6.54 Å². The second-order valence-electron chi connectivity index (χ2n) is 6.29. The monoisotopic (exact) mass is 405 g/mol. The van der Waals surface area contributed by atoms with Crippen LogP contribution in [0.3, 0.4) is 0 Å². The van der Waals surface area contributed by atoms with E-state index in [2.05, 4.69) is 22.9 Å². The van der Waals surface area contributed by atoms with Crippen LogP contribution in [0.4, 0.5) is 0 Å².